The minimum Gasteiger partial charge on any atom is -0.479 e. The first-order valence-corrected chi connectivity index (χ1v) is 8.52. The first kappa shape index (κ1) is 17.4. The van der Waals surface area contributed by atoms with Gasteiger partial charge in [-0.2, -0.15) is 0 Å². The summed E-state index contributed by atoms with van der Waals surface area (Å²) in [6.07, 6.45) is 3.24. The van der Waals surface area contributed by atoms with Crippen LogP contribution in [0, 0.1) is 11.8 Å². The first-order valence-electron chi connectivity index (χ1n) is 8.52. The zero-order valence-corrected chi connectivity index (χ0v) is 14.7. The molecule has 138 valence electrons. The lowest BCUT2D eigenvalue weighted by Gasteiger charge is -2.05. The Morgan fingerprint density at radius 2 is 2.04 bits per heavy atom. The maximum Gasteiger partial charge on any atom is 0.274 e. The lowest BCUT2D eigenvalue weighted by Crippen LogP contribution is -2.23. The van der Waals surface area contributed by atoms with E-state index >= 15 is 0 Å². The number of furan rings is 1. The molecule has 4 rings (SSSR count). The molecule has 0 fully saturated rings. The predicted molar refractivity (Wildman–Crippen MR) is 102 cm³/mol. The van der Waals surface area contributed by atoms with E-state index < -0.39 is 0 Å². The molecule has 1 aromatic carbocycles. The number of hydrogen-bond donors (Lipinski definition) is 1. The van der Waals surface area contributed by atoms with Gasteiger partial charge in [0.1, 0.15) is 17.9 Å². The summed E-state index contributed by atoms with van der Waals surface area (Å²) in [5, 5.41) is 7.38. The van der Waals surface area contributed by atoms with Crippen LogP contribution in [0.3, 0.4) is 0 Å². The summed E-state index contributed by atoms with van der Waals surface area (Å²) >= 11 is 0. The van der Waals surface area contributed by atoms with E-state index in [1.54, 1.807) is 18.3 Å². The van der Waals surface area contributed by atoms with Crippen molar-refractivity contribution >= 4 is 16.8 Å². The maximum absolute atomic E-state index is 12.1. The molecular formula is C21H15N3O4. The highest BCUT2D eigenvalue weighted by Crippen LogP contribution is 2.22. The second-order valence-electron chi connectivity index (χ2n) is 5.71. The Labute approximate surface area is 160 Å². The van der Waals surface area contributed by atoms with Gasteiger partial charge in [-0.3, -0.25) is 9.78 Å². The smallest absolute Gasteiger partial charge is 0.274 e. The number of carbonyl (C=O) groups is 1. The molecule has 0 radical (unpaired) electrons. The van der Waals surface area contributed by atoms with E-state index in [0.29, 0.717) is 17.3 Å². The largest absolute Gasteiger partial charge is 0.479 e. The monoisotopic (exact) mass is 373 g/mol. The molecule has 4 aromatic rings. The van der Waals surface area contributed by atoms with Crippen LogP contribution >= 0.6 is 0 Å². The molecule has 3 aromatic heterocycles. The van der Waals surface area contributed by atoms with Crippen LogP contribution < -0.4 is 10.1 Å². The fourth-order valence-corrected chi connectivity index (χ4v) is 2.55. The Hall–Kier alpha value is -4.05. The van der Waals surface area contributed by atoms with Crippen LogP contribution in [-0.4, -0.2) is 29.2 Å². The van der Waals surface area contributed by atoms with Crippen molar-refractivity contribution in [3.63, 3.8) is 0 Å². The Balaban J connectivity index is 1.28. The van der Waals surface area contributed by atoms with Crippen LogP contribution in [0.25, 0.3) is 22.4 Å². The topological polar surface area (TPSA) is 90.4 Å². The van der Waals surface area contributed by atoms with Gasteiger partial charge in [0.15, 0.2) is 11.5 Å². The van der Waals surface area contributed by atoms with E-state index in [1.165, 1.54) is 12.3 Å². The minimum atomic E-state index is -0.380. The molecule has 0 saturated heterocycles. The summed E-state index contributed by atoms with van der Waals surface area (Å²) in [5.74, 6) is 6.88. The molecule has 28 heavy (non-hydrogen) atoms. The van der Waals surface area contributed by atoms with Crippen molar-refractivity contribution in [3.8, 4) is 29.1 Å². The van der Waals surface area contributed by atoms with Crippen LogP contribution in [0.2, 0.25) is 0 Å². The number of rotatable bonds is 5. The lowest BCUT2D eigenvalue weighted by molar-refractivity contribution is 0.0949. The highest BCUT2D eigenvalue weighted by Gasteiger charge is 2.14. The van der Waals surface area contributed by atoms with Crippen molar-refractivity contribution in [1.29, 1.82) is 0 Å². The third kappa shape index (κ3) is 3.86. The molecule has 1 N–H and O–H groups in total. The normalized spacial score (nSPS) is 10.3. The van der Waals surface area contributed by atoms with Crippen molar-refractivity contribution in [2.24, 2.45) is 0 Å². The van der Waals surface area contributed by atoms with E-state index in [4.69, 9.17) is 13.7 Å². The van der Waals surface area contributed by atoms with E-state index in [2.05, 4.69) is 27.3 Å². The Morgan fingerprint density at radius 1 is 1.11 bits per heavy atom. The van der Waals surface area contributed by atoms with Crippen LogP contribution in [0.1, 0.15) is 10.5 Å². The van der Waals surface area contributed by atoms with Crippen LogP contribution in [0.15, 0.2) is 69.9 Å². The second kappa shape index (κ2) is 8.10. The summed E-state index contributed by atoms with van der Waals surface area (Å²) in [4.78, 5) is 16.4. The van der Waals surface area contributed by atoms with E-state index in [1.807, 2.05) is 30.3 Å². The predicted octanol–water partition coefficient (Wildman–Crippen LogP) is 3.30. The fraction of sp³-hybridized carbons (Fsp3) is 0.0952. The van der Waals surface area contributed by atoms with Gasteiger partial charge in [-0.05, 0) is 24.3 Å². The Bertz CT molecular complexity index is 1150. The number of nitrogens with zero attached hydrogens (tertiary/aromatic N) is 2. The molecule has 3 heterocycles. The molecule has 0 atom stereocenters. The van der Waals surface area contributed by atoms with Crippen molar-refractivity contribution < 1.29 is 18.5 Å². The Morgan fingerprint density at radius 3 is 2.93 bits per heavy atom. The summed E-state index contributed by atoms with van der Waals surface area (Å²) in [7, 11) is 0. The van der Waals surface area contributed by atoms with E-state index in [0.717, 1.165) is 10.9 Å². The molecule has 0 spiro atoms. The number of hydrogen-bond acceptors (Lipinski definition) is 6. The SMILES string of the molecule is O=C(NCC#CCOc1cccc2cccnc12)c1cc(-c2ccco2)on1. The molecular weight excluding hydrogens is 358 g/mol. The maximum atomic E-state index is 12.1. The van der Waals surface area contributed by atoms with Crippen LogP contribution in [0.4, 0.5) is 0 Å². The average Bonchev–Trinajstić information content (AvgIpc) is 3.42. The molecule has 0 bridgehead atoms. The number of carbonyl (C=O) groups excluding carboxylic acids is 1. The number of aromatic nitrogens is 2. The second-order valence-corrected chi connectivity index (χ2v) is 5.71. The van der Waals surface area contributed by atoms with Crippen molar-refractivity contribution in [2.75, 3.05) is 13.2 Å². The van der Waals surface area contributed by atoms with Gasteiger partial charge in [0, 0.05) is 17.6 Å². The quantitative estimate of drug-likeness (QED) is 0.540. The lowest BCUT2D eigenvalue weighted by atomic mass is 10.2. The number of benzene rings is 1. The molecule has 0 unspecified atom stereocenters. The van der Waals surface area contributed by atoms with E-state index in [9.17, 15) is 4.79 Å². The number of amides is 1. The number of nitrogens with one attached hydrogen (secondary N) is 1. The molecule has 7 heteroatoms. The summed E-state index contributed by atoms with van der Waals surface area (Å²) in [5.41, 5.74) is 0.949. The number of pyridine rings is 1. The average molecular weight is 373 g/mol. The van der Waals surface area contributed by atoms with Gasteiger partial charge in [0.25, 0.3) is 5.91 Å². The highest BCUT2D eigenvalue weighted by atomic mass is 16.5. The van der Waals surface area contributed by atoms with E-state index in [-0.39, 0.29) is 24.8 Å². The van der Waals surface area contributed by atoms with Gasteiger partial charge in [-0.1, -0.05) is 35.2 Å². The van der Waals surface area contributed by atoms with Crippen molar-refractivity contribution in [1.82, 2.24) is 15.5 Å². The van der Waals surface area contributed by atoms with Crippen molar-refractivity contribution in [3.05, 3.63) is 66.7 Å². The molecule has 0 aliphatic rings. The highest BCUT2D eigenvalue weighted by molar-refractivity contribution is 5.93. The van der Waals surface area contributed by atoms with Gasteiger partial charge in [-0.15, -0.1) is 0 Å². The summed E-state index contributed by atoms with van der Waals surface area (Å²) in [6.45, 7) is 0.358. The Kier molecular flexibility index (Phi) is 5.02. The zero-order valence-electron chi connectivity index (χ0n) is 14.7. The molecule has 7 nitrogen and oxygen atoms in total. The number of ether oxygens (including phenoxy) is 1. The van der Waals surface area contributed by atoms with Gasteiger partial charge < -0.3 is 19.0 Å². The third-order valence-electron chi connectivity index (χ3n) is 3.86. The van der Waals surface area contributed by atoms with Crippen molar-refractivity contribution in [2.45, 2.75) is 0 Å². The molecule has 1 amide bonds. The zero-order chi connectivity index (χ0) is 19.2. The minimum absolute atomic E-state index is 0.159. The molecule has 0 aliphatic carbocycles. The first-order chi connectivity index (χ1) is 13.8. The van der Waals surface area contributed by atoms with Crippen LogP contribution in [-0.2, 0) is 0 Å². The van der Waals surface area contributed by atoms with Gasteiger partial charge in [-0.25, -0.2) is 0 Å². The standard InChI is InChI=1S/C21H15N3O4/c25-21(16-14-19(28-24-16)17-9-5-13-26-17)23-10-1-2-12-27-18-8-3-6-15-7-4-11-22-20(15)18/h3-9,11,13-14H,10,12H2,(H,23,25). The van der Waals surface area contributed by atoms with Crippen LogP contribution in [0.5, 0.6) is 5.75 Å². The number of para-hydroxylation sites is 1. The summed E-state index contributed by atoms with van der Waals surface area (Å²) in [6, 6.07) is 14.5. The number of fused-ring (bicyclic) bond motifs is 1. The van der Waals surface area contributed by atoms with Gasteiger partial charge >= 0.3 is 0 Å². The van der Waals surface area contributed by atoms with Gasteiger partial charge in [0.05, 0.1) is 12.8 Å². The third-order valence-corrected chi connectivity index (χ3v) is 3.86. The molecule has 0 saturated carbocycles. The molecule has 0 aliphatic heterocycles. The van der Waals surface area contributed by atoms with Gasteiger partial charge in [0.2, 0.25) is 5.76 Å². The fourth-order valence-electron chi connectivity index (χ4n) is 2.55. The summed E-state index contributed by atoms with van der Waals surface area (Å²) < 4.78 is 16.0.